The minimum atomic E-state index is -1.69. The number of amides is 1. The molecule has 0 saturated carbocycles. The summed E-state index contributed by atoms with van der Waals surface area (Å²) in [7, 11) is -1.69. The standard InChI is InChI=1S/C24H26N2OSi/c1-28(2,3)22(16-15-19-11-5-4-6-12-19)23-20-13-7-8-14-21(20)24(27)26(23)25-17-9-10-18-25/h4-14,17-18H,15-16H2,1-3H3/b23-22+. The number of benzene rings is 2. The van der Waals surface area contributed by atoms with Crippen LogP contribution in [0, 0.1) is 0 Å². The van der Waals surface area contributed by atoms with E-state index in [4.69, 9.17) is 0 Å². The van der Waals surface area contributed by atoms with Crippen LogP contribution in [0.3, 0.4) is 0 Å². The summed E-state index contributed by atoms with van der Waals surface area (Å²) in [6.45, 7) is 7.12. The molecule has 0 spiro atoms. The van der Waals surface area contributed by atoms with E-state index in [-0.39, 0.29) is 5.91 Å². The quantitative estimate of drug-likeness (QED) is 0.531. The lowest BCUT2D eigenvalue weighted by molar-refractivity contribution is 0.0984. The maximum absolute atomic E-state index is 13.3. The minimum Gasteiger partial charge on any atom is -0.267 e. The first-order chi connectivity index (χ1) is 13.5. The van der Waals surface area contributed by atoms with Gasteiger partial charge in [0.25, 0.3) is 5.91 Å². The SMILES string of the molecule is C[Si](C)(C)/C(CCc1ccccc1)=C1\c2ccccc2C(=O)N1n1cccc1. The molecule has 0 aliphatic carbocycles. The smallest absolute Gasteiger partial charge is 0.267 e. The molecular formula is C24H26N2OSi. The molecule has 3 nitrogen and oxygen atoms in total. The fraction of sp³-hybridized carbons (Fsp3) is 0.208. The lowest BCUT2D eigenvalue weighted by Gasteiger charge is -2.29. The van der Waals surface area contributed by atoms with E-state index in [0.717, 1.165) is 29.7 Å². The second kappa shape index (κ2) is 7.28. The Balaban J connectivity index is 1.87. The molecule has 4 heteroatoms. The summed E-state index contributed by atoms with van der Waals surface area (Å²) in [6.07, 6.45) is 5.85. The third kappa shape index (κ3) is 3.36. The van der Waals surface area contributed by atoms with Crippen LogP contribution in [0.25, 0.3) is 5.70 Å². The molecule has 0 radical (unpaired) electrons. The predicted octanol–water partition coefficient (Wildman–Crippen LogP) is 5.50. The van der Waals surface area contributed by atoms with Crippen molar-refractivity contribution in [3.8, 4) is 0 Å². The van der Waals surface area contributed by atoms with Gasteiger partial charge in [0.15, 0.2) is 0 Å². The highest BCUT2D eigenvalue weighted by atomic mass is 28.3. The number of allylic oxidation sites excluding steroid dienone is 1. The van der Waals surface area contributed by atoms with Gasteiger partial charge in [0.2, 0.25) is 0 Å². The van der Waals surface area contributed by atoms with E-state index in [1.54, 1.807) is 0 Å². The summed E-state index contributed by atoms with van der Waals surface area (Å²) in [5.74, 6) is 0.0530. The van der Waals surface area contributed by atoms with Crippen molar-refractivity contribution < 1.29 is 4.79 Å². The van der Waals surface area contributed by atoms with Crippen LogP contribution in [0.2, 0.25) is 19.6 Å². The van der Waals surface area contributed by atoms with E-state index in [1.165, 1.54) is 10.8 Å². The van der Waals surface area contributed by atoms with Crippen LogP contribution in [0.4, 0.5) is 0 Å². The molecule has 28 heavy (non-hydrogen) atoms. The molecule has 2 aromatic carbocycles. The Labute approximate surface area is 167 Å². The number of aromatic nitrogens is 1. The molecule has 142 valence electrons. The maximum Gasteiger partial charge on any atom is 0.278 e. The fourth-order valence-electron chi connectivity index (χ4n) is 3.94. The van der Waals surface area contributed by atoms with Crippen molar-refractivity contribution in [2.45, 2.75) is 32.5 Å². The van der Waals surface area contributed by atoms with Crippen molar-refractivity contribution in [1.29, 1.82) is 0 Å². The highest BCUT2D eigenvalue weighted by Gasteiger charge is 2.38. The Bertz CT molecular complexity index is 1010. The average Bonchev–Trinajstić information content (AvgIpc) is 3.29. The van der Waals surface area contributed by atoms with Crippen molar-refractivity contribution in [3.05, 3.63) is 101 Å². The first kappa shape index (κ1) is 18.5. The molecule has 1 aliphatic heterocycles. The minimum absolute atomic E-state index is 0.0530. The van der Waals surface area contributed by atoms with Gasteiger partial charge in [-0.25, -0.2) is 5.01 Å². The predicted molar refractivity (Wildman–Crippen MR) is 118 cm³/mol. The van der Waals surface area contributed by atoms with E-state index < -0.39 is 8.07 Å². The lowest BCUT2D eigenvalue weighted by Crippen LogP contribution is -2.37. The Morgan fingerprint density at radius 3 is 2.07 bits per heavy atom. The molecule has 0 saturated heterocycles. The number of carbonyl (C=O) groups excluding carboxylic acids is 1. The summed E-state index contributed by atoms with van der Waals surface area (Å²) in [5.41, 5.74) is 4.28. The summed E-state index contributed by atoms with van der Waals surface area (Å²) in [6, 6.07) is 22.6. The number of hydrogen-bond acceptors (Lipinski definition) is 1. The van der Waals surface area contributed by atoms with Crippen molar-refractivity contribution >= 4 is 19.7 Å². The second-order valence-corrected chi connectivity index (χ2v) is 13.4. The van der Waals surface area contributed by atoms with Gasteiger partial charge in [0, 0.05) is 18.0 Å². The zero-order valence-electron chi connectivity index (χ0n) is 16.7. The Morgan fingerprint density at radius 1 is 0.821 bits per heavy atom. The highest BCUT2D eigenvalue weighted by Crippen LogP contribution is 2.38. The van der Waals surface area contributed by atoms with E-state index in [0.29, 0.717) is 0 Å². The third-order valence-corrected chi connectivity index (χ3v) is 7.63. The number of aryl methyl sites for hydroxylation is 1. The zero-order chi connectivity index (χ0) is 19.7. The Hall–Kier alpha value is -2.85. The summed E-state index contributed by atoms with van der Waals surface area (Å²) >= 11 is 0. The van der Waals surface area contributed by atoms with Gasteiger partial charge in [-0.2, -0.15) is 0 Å². The van der Waals surface area contributed by atoms with Gasteiger partial charge >= 0.3 is 0 Å². The monoisotopic (exact) mass is 386 g/mol. The van der Waals surface area contributed by atoms with Crippen LogP contribution < -0.4 is 5.01 Å². The molecule has 0 fully saturated rings. The van der Waals surface area contributed by atoms with Crippen LogP contribution in [0.1, 0.15) is 27.9 Å². The molecule has 0 bridgehead atoms. The van der Waals surface area contributed by atoms with E-state index in [9.17, 15) is 4.79 Å². The van der Waals surface area contributed by atoms with Crippen LogP contribution in [0.5, 0.6) is 0 Å². The molecule has 3 aromatic rings. The maximum atomic E-state index is 13.3. The van der Waals surface area contributed by atoms with Crippen LogP contribution >= 0.6 is 0 Å². The first-order valence-corrected chi connectivity index (χ1v) is 13.3. The number of hydrogen-bond donors (Lipinski definition) is 0. The van der Waals surface area contributed by atoms with Crippen LogP contribution in [0.15, 0.2) is 84.3 Å². The normalized spacial score (nSPS) is 15.7. The average molecular weight is 387 g/mol. The third-order valence-electron chi connectivity index (χ3n) is 5.33. The van der Waals surface area contributed by atoms with Crippen molar-refractivity contribution in [2.75, 3.05) is 5.01 Å². The number of fused-ring (bicyclic) bond motifs is 1. The lowest BCUT2D eigenvalue weighted by atomic mass is 10.1. The number of carbonyl (C=O) groups is 1. The fourth-order valence-corrected chi connectivity index (χ4v) is 5.76. The molecule has 4 rings (SSSR count). The molecule has 0 unspecified atom stereocenters. The molecule has 0 atom stereocenters. The van der Waals surface area contributed by atoms with Gasteiger partial charge in [0.05, 0.1) is 19.3 Å². The van der Waals surface area contributed by atoms with Gasteiger partial charge in [-0.15, -0.1) is 0 Å². The Kier molecular flexibility index (Phi) is 4.81. The van der Waals surface area contributed by atoms with E-state index >= 15 is 0 Å². The van der Waals surface area contributed by atoms with Gasteiger partial charge in [0.1, 0.15) is 0 Å². The van der Waals surface area contributed by atoms with E-state index in [2.05, 4.69) is 56.0 Å². The zero-order valence-corrected chi connectivity index (χ0v) is 17.7. The summed E-state index contributed by atoms with van der Waals surface area (Å²) < 4.78 is 1.92. The molecule has 1 aliphatic rings. The molecule has 0 N–H and O–H groups in total. The molecule has 2 heterocycles. The van der Waals surface area contributed by atoms with Gasteiger partial charge in [-0.05, 0) is 36.6 Å². The largest absolute Gasteiger partial charge is 0.278 e. The van der Waals surface area contributed by atoms with Gasteiger partial charge in [-0.1, -0.05) is 73.4 Å². The van der Waals surface area contributed by atoms with Gasteiger partial charge in [-0.3, -0.25) is 9.47 Å². The number of rotatable bonds is 5. The van der Waals surface area contributed by atoms with Crippen molar-refractivity contribution in [1.82, 2.24) is 4.68 Å². The summed E-state index contributed by atoms with van der Waals surface area (Å²) in [4.78, 5) is 13.3. The molecular weight excluding hydrogens is 360 g/mol. The number of nitrogens with zero attached hydrogens (tertiary/aromatic N) is 2. The van der Waals surface area contributed by atoms with Crippen molar-refractivity contribution in [3.63, 3.8) is 0 Å². The highest BCUT2D eigenvalue weighted by molar-refractivity contribution is 6.84. The Morgan fingerprint density at radius 2 is 1.43 bits per heavy atom. The van der Waals surface area contributed by atoms with Crippen LogP contribution in [-0.4, -0.2) is 18.7 Å². The summed E-state index contributed by atoms with van der Waals surface area (Å²) in [5, 5.41) is 3.30. The molecule has 1 aromatic heterocycles. The van der Waals surface area contributed by atoms with Crippen molar-refractivity contribution in [2.24, 2.45) is 0 Å². The van der Waals surface area contributed by atoms with Gasteiger partial charge < -0.3 is 0 Å². The first-order valence-electron chi connectivity index (χ1n) is 9.81. The van der Waals surface area contributed by atoms with Crippen LogP contribution in [-0.2, 0) is 6.42 Å². The molecule has 1 amide bonds. The topological polar surface area (TPSA) is 25.2 Å². The second-order valence-electron chi connectivity index (χ2n) is 8.29. The van der Waals surface area contributed by atoms with E-state index in [1.807, 2.05) is 52.4 Å².